The lowest BCUT2D eigenvalue weighted by Crippen LogP contribution is -2.30. The first kappa shape index (κ1) is 18.6. The number of carbonyl (C=O) groups excluding carboxylic acids is 1. The first-order chi connectivity index (χ1) is 12.5. The number of aromatic nitrogens is 1. The summed E-state index contributed by atoms with van der Waals surface area (Å²) in [5.74, 6) is -0.563. The number of hydrogen-bond donors (Lipinski definition) is 1. The lowest BCUT2D eigenvalue weighted by molar-refractivity contribution is -0.117. The van der Waals surface area contributed by atoms with Crippen molar-refractivity contribution >= 4 is 45.7 Å². The molecule has 0 fully saturated rings. The molecule has 0 saturated heterocycles. The molecule has 1 aromatic heterocycles. The third-order valence-corrected chi connectivity index (χ3v) is 4.51. The summed E-state index contributed by atoms with van der Waals surface area (Å²) in [5.41, 5.74) is 1.82. The van der Waals surface area contributed by atoms with Gasteiger partial charge in [0.1, 0.15) is 5.82 Å². The molecule has 1 heterocycles. The molecule has 1 amide bonds. The van der Waals surface area contributed by atoms with E-state index in [1.807, 2.05) is 0 Å². The number of anilines is 1. The molecule has 26 heavy (non-hydrogen) atoms. The van der Waals surface area contributed by atoms with Crippen molar-refractivity contribution in [3.8, 4) is 0 Å². The van der Waals surface area contributed by atoms with E-state index in [2.05, 4.69) is 10.3 Å². The Morgan fingerprint density at radius 2 is 1.88 bits per heavy atom. The maximum Gasteiger partial charge on any atom is 0.238 e. The van der Waals surface area contributed by atoms with Crippen LogP contribution in [0.15, 0.2) is 48.7 Å². The van der Waals surface area contributed by atoms with Crippen LogP contribution >= 0.6 is 23.2 Å². The van der Waals surface area contributed by atoms with E-state index >= 15 is 0 Å². The zero-order chi connectivity index (χ0) is 18.7. The van der Waals surface area contributed by atoms with Gasteiger partial charge < -0.3 is 5.32 Å². The molecular formula is C19H16Cl2FN3O. The van der Waals surface area contributed by atoms with Gasteiger partial charge in [-0.25, -0.2) is 4.39 Å². The molecule has 3 rings (SSSR count). The number of rotatable bonds is 5. The second-order valence-corrected chi connectivity index (χ2v) is 6.74. The summed E-state index contributed by atoms with van der Waals surface area (Å²) in [4.78, 5) is 18.4. The molecule has 0 atom stereocenters. The lowest BCUT2D eigenvalue weighted by Gasteiger charge is -2.18. The number of likely N-dealkylation sites (N-methyl/N-ethyl adjacent to an activating group) is 1. The highest BCUT2D eigenvalue weighted by Gasteiger charge is 2.14. The summed E-state index contributed by atoms with van der Waals surface area (Å²) in [6, 6.07) is 11.5. The van der Waals surface area contributed by atoms with E-state index in [0.29, 0.717) is 33.2 Å². The Bertz CT molecular complexity index is 944. The minimum absolute atomic E-state index is 0.118. The maximum absolute atomic E-state index is 13.9. The number of fused-ring (bicyclic) bond motifs is 1. The predicted octanol–water partition coefficient (Wildman–Crippen LogP) is 4.75. The highest BCUT2D eigenvalue weighted by Crippen LogP contribution is 2.29. The fourth-order valence-electron chi connectivity index (χ4n) is 2.71. The van der Waals surface area contributed by atoms with Crippen LogP contribution in [-0.2, 0) is 11.3 Å². The van der Waals surface area contributed by atoms with Gasteiger partial charge in [-0.1, -0.05) is 35.3 Å². The molecule has 0 aliphatic carbocycles. The first-order valence-electron chi connectivity index (χ1n) is 7.90. The van der Waals surface area contributed by atoms with Crippen LogP contribution in [0.2, 0.25) is 10.0 Å². The number of amides is 1. The van der Waals surface area contributed by atoms with Gasteiger partial charge in [0.25, 0.3) is 0 Å². The first-order valence-corrected chi connectivity index (χ1v) is 8.66. The van der Waals surface area contributed by atoms with Gasteiger partial charge in [0.2, 0.25) is 5.91 Å². The second kappa shape index (κ2) is 7.99. The molecule has 7 heteroatoms. The molecule has 0 radical (unpaired) electrons. The van der Waals surface area contributed by atoms with Crippen LogP contribution in [0, 0.1) is 5.82 Å². The third kappa shape index (κ3) is 4.12. The van der Waals surface area contributed by atoms with Crippen molar-refractivity contribution in [3.05, 3.63) is 70.1 Å². The Kier molecular flexibility index (Phi) is 5.71. The van der Waals surface area contributed by atoms with Crippen molar-refractivity contribution in [1.29, 1.82) is 0 Å². The molecule has 1 N–H and O–H groups in total. The lowest BCUT2D eigenvalue weighted by atomic mass is 10.1. The van der Waals surface area contributed by atoms with E-state index in [-0.39, 0.29) is 18.3 Å². The minimum Gasteiger partial charge on any atom is -0.322 e. The zero-order valence-electron chi connectivity index (χ0n) is 14.0. The number of halogens is 3. The van der Waals surface area contributed by atoms with E-state index in [9.17, 15) is 9.18 Å². The van der Waals surface area contributed by atoms with Crippen LogP contribution in [0.5, 0.6) is 0 Å². The Morgan fingerprint density at radius 1 is 1.15 bits per heavy atom. The molecule has 0 bridgehead atoms. The van der Waals surface area contributed by atoms with Gasteiger partial charge in [0, 0.05) is 18.1 Å². The Balaban J connectivity index is 1.70. The van der Waals surface area contributed by atoms with E-state index in [1.165, 1.54) is 6.07 Å². The van der Waals surface area contributed by atoms with Crippen LogP contribution in [0.4, 0.5) is 10.1 Å². The monoisotopic (exact) mass is 391 g/mol. The summed E-state index contributed by atoms with van der Waals surface area (Å²) in [5, 5.41) is 3.94. The van der Waals surface area contributed by atoms with Crippen LogP contribution in [-0.4, -0.2) is 29.4 Å². The SMILES string of the molecule is CN(CC(=O)Nc1c(Cl)cccc1Cl)Cc1ccc(F)c2cccnc12. The maximum atomic E-state index is 13.9. The number of hydrogen-bond acceptors (Lipinski definition) is 3. The summed E-state index contributed by atoms with van der Waals surface area (Å²) in [6.45, 7) is 0.560. The normalized spacial score (nSPS) is 11.1. The van der Waals surface area contributed by atoms with Gasteiger partial charge in [-0.2, -0.15) is 0 Å². The summed E-state index contributed by atoms with van der Waals surface area (Å²) < 4.78 is 13.9. The topological polar surface area (TPSA) is 45.2 Å². The number of carbonyl (C=O) groups is 1. The Hall–Kier alpha value is -2.21. The molecule has 4 nitrogen and oxygen atoms in total. The summed E-state index contributed by atoms with van der Waals surface area (Å²) in [6.07, 6.45) is 1.62. The molecule has 134 valence electrons. The number of para-hydroxylation sites is 1. The predicted molar refractivity (Wildman–Crippen MR) is 103 cm³/mol. The van der Waals surface area contributed by atoms with E-state index < -0.39 is 0 Å². The molecule has 0 aliphatic heterocycles. The number of pyridine rings is 1. The fourth-order valence-corrected chi connectivity index (χ4v) is 3.20. The summed E-state index contributed by atoms with van der Waals surface area (Å²) >= 11 is 12.1. The quantitative estimate of drug-likeness (QED) is 0.682. The molecule has 0 aliphatic rings. The second-order valence-electron chi connectivity index (χ2n) is 5.92. The smallest absolute Gasteiger partial charge is 0.238 e. The van der Waals surface area contributed by atoms with Crippen molar-refractivity contribution in [2.75, 3.05) is 18.9 Å². The van der Waals surface area contributed by atoms with Gasteiger partial charge in [-0.05, 0) is 42.9 Å². The van der Waals surface area contributed by atoms with Crippen LogP contribution in [0.3, 0.4) is 0 Å². The standard InChI is InChI=1S/C19H16Cl2FN3O/c1-25(11-17(26)24-19-14(20)5-2-6-15(19)21)10-12-7-8-16(22)13-4-3-9-23-18(12)13/h2-9H,10-11H2,1H3,(H,24,26). The summed E-state index contributed by atoms with van der Waals surface area (Å²) in [7, 11) is 1.80. The molecule has 3 aromatic rings. The van der Waals surface area contributed by atoms with Crippen molar-refractivity contribution in [2.24, 2.45) is 0 Å². The number of nitrogens with zero attached hydrogens (tertiary/aromatic N) is 2. The van der Waals surface area contributed by atoms with Crippen molar-refractivity contribution in [3.63, 3.8) is 0 Å². The number of benzene rings is 2. The van der Waals surface area contributed by atoms with Gasteiger partial charge in [0.05, 0.1) is 27.8 Å². The van der Waals surface area contributed by atoms with Crippen LogP contribution in [0.1, 0.15) is 5.56 Å². The Morgan fingerprint density at radius 3 is 2.62 bits per heavy atom. The van der Waals surface area contributed by atoms with Crippen molar-refractivity contribution < 1.29 is 9.18 Å². The number of nitrogens with one attached hydrogen (secondary N) is 1. The van der Waals surface area contributed by atoms with Crippen LogP contribution in [0.25, 0.3) is 10.9 Å². The molecular weight excluding hydrogens is 376 g/mol. The van der Waals surface area contributed by atoms with Crippen molar-refractivity contribution in [2.45, 2.75) is 6.54 Å². The van der Waals surface area contributed by atoms with E-state index in [4.69, 9.17) is 23.2 Å². The average Bonchev–Trinajstić information content (AvgIpc) is 2.61. The van der Waals surface area contributed by atoms with Gasteiger partial charge in [-0.15, -0.1) is 0 Å². The molecule has 0 saturated carbocycles. The largest absolute Gasteiger partial charge is 0.322 e. The highest BCUT2D eigenvalue weighted by molar-refractivity contribution is 6.39. The average molecular weight is 392 g/mol. The van der Waals surface area contributed by atoms with E-state index in [1.54, 1.807) is 54.5 Å². The van der Waals surface area contributed by atoms with Gasteiger partial charge in [-0.3, -0.25) is 14.7 Å². The molecule has 0 spiro atoms. The van der Waals surface area contributed by atoms with Gasteiger partial charge >= 0.3 is 0 Å². The van der Waals surface area contributed by atoms with Crippen LogP contribution < -0.4 is 5.32 Å². The third-order valence-electron chi connectivity index (χ3n) is 3.88. The zero-order valence-corrected chi connectivity index (χ0v) is 15.5. The molecule has 2 aromatic carbocycles. The highest BCUT2D eigenvalue weighted by atomic mass is 35.5. The fraction of sp³-hybridized carbons (Fsp3) is 0.158. The Labute approximate surface area is 160 Å². The van der Waals surface area contributed by atoms with Gasteiger partial charge in [0.15, 0.2) is 0 Å². The van der Waals surface area contributed by atoms with Crippen molar-refractivity contribution in [1.82, 2.24) is 9.88 Å². The minimum atomic E-state index is -0.314. The van der Waals surface area contributed by atoms with E-state index in [0.717, 1.165) is 5.56 Å². The molecule has 0 unspecified atom stereocenters.